The number of phenolic OH excluding ortho intramolecular Hbond substituents is 1. The summed E-state index contributed by atoms with van der Waals surface area (Å²) in [5.74, 6) is 2.75. The van der Waals surface area contributed by atoms with Gasteiger partial charge in [0.05, 0.1) is 17.1 Å². The minimum absolute atomic E-state index is 0.0858. The predicted octanol–water partition coefficient (Wildman–Crippen LogP) is 4.09. The van der Waals surface area contributed by atoms with E-state index < -0.39 is 6.16 Å². The first-order chi connectivity index (χ1) is 11.5. The minimum Gasteiger partial charge on any atom is -0.508 e. The summed E-state index contributed by atoms with van der Waals surface area (Å²) in [4.78, 5) is 10.9. The van der Waals surface area contributed by atoms with E-state index in [9.17, 15) is 9.90 Å². The minimum atomic E-state index is -1.41. The van der Waals surface area contributed by atoms with Gasteiger partial charge in [-0.15, -0.1) is 6.42 Å². The van der Waals surface area contributed by atoms with Gasteiger partial charge in [0.1, 0.15) is 5.75 Å². The van der Waals surface area contributed by atoms with Crippen molar-refractivity contribution in [3.63, 3.8) is 0 Å². The van der Waals surface area contributed by atoms with Crippen molar-refractivity contribution in [1.82, 2.24) is 4.57 Å². The molecule has 0 atom stereocenters. The molecule has 6 heteroatoms. The van der Waals surface area contributed by atoms with Crippen LogP contribution in [0.5, 0.6) is 11.6 Å². The molecule has 0 bridgehead atoms. The molecule has 0 aliphatic rings. The molecule has 2 N–H and O–H groups in total. The van der Waals surface area contributed by atoms with Gasteiger partial charge in [-0.3, -0.25) is 0 Å². The summed E-state index contributed by atoms with van der Waals surface area (Å²) in [6, 6.07) is 11.6. The lowest BCUT2D eigenvalue weighted by Gasteiger charge is -2.10. The maximum absolute atomic E-state index is 10.9. The first-order valence-electron chi connectivity index (χ1n) is 6.96. The number of aromatic nitrogens is 1. The summed E-state index contributed by atoms with van der Waals surface area (Å²) >= 11 is 6.01. The Kier molecular flexibility index (Phi) is 4.07. The number of halogens is 1. The van der Waals surface area contributed by atoms with E-state index in [1.165, 1.54) is 12.1 Å². The van der Waals surface area contributed by atoms with Crippen molar-refractivity contribution in [1.29, 1.82) is 0 Å². The molecule has 0 unspecified atom stereocenters. The highest BCUT2D eigenvalue weighted by Gasteiger charge is 2.14. The fourth-order valence-electron chi connectivity index (χ4n) is 2.53. The molecule has 0 radical (unpaired) electrons. The van der Waals surface area contributed by atoms with Crippen molar-refractivity contribution in [2.75, 3.05) is 0 Å². The van der Waals surface area contributed by atoms with Gasteiger partial charge in [-0.25, -0.2) is 4.79 Å². The molecule has 0 saturated heterocycles. The van der Waals surface area contributed by atoms with Crippen LogP contribution < -0.4 is 4.74 Å². The zero-order valence-corrected chi connectivity index (χ0v) is 13.1. The number of ether oxygens (including phenoxy) is 1. The summed E-state index contributed by atoms with van der Waals surface area (Å²) in [7, 11) is 0. The van der Waals surface area contributed by atoms with E-state index >= 15 is 0 Å². The Morgan fingerprint density at radius 3 is 2.75 bits per heavy atom. The summed E-state index contributed by atoms with van der Waals surface area (Å²) in [5, 5.41) is 19.7. The maximum atomic E-state index is 10.9. The quantitative estimate of drug-likeness (QED) is 0.556. The maximum Gasteiger partial charge on any atom is 0.512 e. The molecule has 0 amide bonds. The average Bonchev–Trinajstić information content (AvgIpc) is 2.85. The lowest BCUT2D eigenvalue weighted by molar-refractivity contribution is 0.141. The van der Waals surface area contributed by atoms with Crippen molar-refractivity contribution in [2.45, 2.75) is 6.54 Å². The van der Waals surface area contributed by atoms with E-state index in [4.69, 9.17) is 27.9 Å². The molecule has 1 heterocycles. The topological polar surface area (TPSA) is 71.7 Å². The number of aromatic hydroxyl groups is 1. The number of carboxylic acid groups (broad SMARTS) is 1. The SMILES string of the molecule is C#Cc1cc(Cn2c(OC(=O)O)cc3cc(O)ccc32)ccc1Cl. The summed E-state index contributed by atoms with van der Waals surface area (Å²) < 4.78 is 6.54. The van der Waals surface area contributed by atoms with E-state index in [0.29, 0.717) is 22.5 Å². The van der Waals surface area contributed by atoms with Gasteiger partial charge in [-0.1, -0.05) is 23.6 Å². The van der Waals surface area contributed by atoms with Crippen LogP contribution in [0.15, 0.2) is 42.5 Å². The van der Waals surface area contributed by atoms with Crippen LogP contribution in [0.2, 0.25) is 5.02 Å². The van der Waals surface area contributed by atoms with E-state index in [1.807, 2.05) is 0 Å². The molecule has 0 fully saturated rings. The van der Waals surface area contributed by atoms with Crippen LogP contribution in [-0.2, 0) is 6.54 Å². The Bertz CT molecular complexity index is 985. The molecule has 2 aromatic carbocycles. The number of phenols is 1. The molecule has 0 aliphatic carbocycles. The van der Waals surface area contributed by atoms with Gasteiger partial charge >= 0.3 is 6.16 Å². The third kappa shape index (κ3) is 3.00. The third-order valence-corrected chi connectivity index (χ3v) is 3.90. The first-order valence-corrected chi connectivity index (χ1v) is 7.34. The van der Waals surface area contributed by atoms with Gasteiger partial charge in [-0.05, 0) is 35.9 Å². The van der Waals surface area contributed by atoms with E-state index in [2.05, 4.69) is 5.92 Å². The molecule has 0 aliphatic heterocycles. The van der Waals surface area contributed by atoms with Crippen LogP contribution >= 0.6 is 11.6 Å². The molecule has 1 aromatic heterocycles. The highest BCUT2D eigenvalue weighted by atomic mass is 35.5. The number of rotatable bonds is 3. The lowest BCUT2D eigenvalue weighted by atomic mass is 10.1. The molecular formula is C18H12ClNO4. The Morgan fingerprint density at radius 2 is 2.04 bits per heavy atom. The molecule has 120 valence electrons. The van der Waals surface area contributed by atoms with Crippen molar-refractivity contribution in [3.05, 3.63) is 58.6 Å². The number of hydrogen-bond acceptors (Lipinski definition) is 3. The molecule has 5 nitrogen and oxygen atoms in total. The second-order valence-electron chi connectivity index (χ2n) is 5.14. The van der Waals surface area contributed by atoms with Crippen molar-refractivity contribution in [2.24, 2.45) is 0 Å². The molecule has 24 heavy (non-hydrogen) atoms. The summed E-state index contributed by atoms with van der Waals surface area (Å²) in [6.45, 7) is 0.336. The zero-order valence-electron chi connectivity index (χ0n) is 12.4. The summed E-state index contributed by atoms with van der Waals surface area (Å²) in [6.07, 6.45) is 4.01. The van der Waals surface area contributed by atoms with Crippen LogP contribution in [0.1, 0.15) is 11.1 Å². The number of fused-ring (bicyclic) bond motifs is 1. The number of benzene rings is 2. The highest BCUT2D eigenvalue weighted by Crippen LogP contribution is 2.30. The van der Waals surface area contributed by atoms with E-state index in [0.717, 1.165) is 11.1 Å². The highest BCUT2D eigenvalue weighted by molar-refractivity contribution is 6.31. The van der Waals surface area contributed by atoms with Gasteiger partial charge in [0.15, 0.2) is 0 Å². The normalized spacial score (nSPS) is 10.5. The van der Waals surface area contributed by atoms with Crippen LogP contribution in [0.4, 0.5) is 4.79 Å². The lowest BCUT2D eigenvalue weighted by Crippen LogP contribution is -2.09. The van der Waals surface area contributed by atoms with Crippen LogP contribution in [0, 0.1) is 12.3 Å². The van der Waals surface area contributed by atoms with Gasteiger partial charge in [0.25, 0.3) is 0 Å². The fraction of sp³-hybridized carbons (Fsp3) is 0.0556. The Hall–Kier alpha value is -3.10. The second-order valence-corrected chi connectivity index (χ2v) is 5.55. The zero-order chi connectivity index (χ0) is 17.3. The van der Waals surface area contributed by atoms with Crippen LogP contribution in [0.25, 0.3) is 10.9 Å². The third-order valence-electron chi connectivity index (χ3n) is 3.57. The monoisotopic (exact) mass is 341 g/mol. The Labute approximate surface area is 142 Å². The van der Waals surface area contributed by atoms with Gasteiger partial charge < -0.3 is 19.5 Å². The largest absolute Gasteiger partial charge is 0.512 e. The van der Waals surface area contributed by atoms with Crippen molar-refractivity contribution in [3.8, 4) is 24.0 Å². The van der Waals surface area contributed by atoms with Gasteiger partial charge in [0.2, 0.25) is 5.88 Å². The molecule has 3 aromatic rings. The Balaban J connectivity index is 2.10. The average molecular weight is 342 g/mol. The number of terminal acetylenes is 1. The first kappa shape index (κ1) is 15.8. The Morgan fingerprint density at radius 1 is 1.25 bits per heavy atom. The molecular weight excluding hydrogens is 330 g/mol. The standard InChI is InChI=1S/C18H12ClNO4/c1-2-12-7-11(3-5-15(12)19)10-20-16-6-4-14(21)8-13(16)9-17(20)24-18(22)23/h1,3-9,21H,10H2,(H,22,23). The summed E-state index contributed by atoms with van der Waals surface area (Å²) in [5.41, 5.74) is 2.12. The smallest absolute Gasteiger partial charge is 0.508 e. The van der Waals surface area contributed by atoms with Gasteiger partial charge in [-0.2, -0.15) is 0 Å². The molecule has 0 saturated carbocycles. The fourth-order valence-corrected chi connectivity index (χ4v) is 2.71. The molecule has 0 spiro atoms. The predicted molar refractivity (Wildman–Crippen MR) is 90.7 cm³/mol. The van der Waals surface area contributed by atoms with Gasteiger partial charge in [0, 0.05) is 17.0 Å². The number of hydrogen-bond donors (Lipinski definition) is 2. The molecule has 3 rings (SSSR count). The number of nitrogens with zero attached hydrogens (tertiary/aromatic N) is 1. The van der Waals surface area contributed by atoms with Crippen LogP contribution in [-0.4, -0.2) is 20.9 Å². The van der Waals surface area contributed by atoms with Crippen molar-refractivity contribution < 1.29 is 19.7 Å². The van der Waals surface area contributed by atoms with E-state index in [1.54, 1.807) is 34.9 Å². The second kappa shape index (κ2) is 6.19. The van der Waals surface area contributed by atoms with Crippen LogP contribution in [0.3, 0.4) is 0 Å². The number of carbonyl (C=O) groups is 1. The van der Waals surface area contributed by atoms with Crippen molar-refractivity contribution >= 4 is 28.7 Å². The van der Waals surface area contributed by atoms with E-state index in [-0.39, 0.29) is 11.6 Å².